The molecule has 0 saturated carbocycles. The molecule has 0 bridgehead atoms. The van der Waals surface area contributed by atoms with Gasteiger partial charge in [0.15, 0.2) is 0 Å². The van der Waals surface area contributed by atoms with Gasteiger partial charge in [0.2, 0.25) is 0 Å². The van der Waals surface area contributed by atoms with E-state index in [1.54, 1.807) is 0 Å². The Morgan fingerprint density at radius 2 is 1.95 bits per heavy atom. The summed E-state index contributed by atoms with van der Waals surface area (Å²) in [4.78, 5) is 0. The summed E-state index contributed by atoms with van der Waals surface area (Å²) in [5.41, 5.74) is 3.46. The molecule has 0 fully saturated rings. The first-order valence-corrected chi connectivity index (χ1v) is 7.80. The molecule has 2 aromatic rings. The van der Waals surface area contributed by atoms with Crippen LogP contribution < -0.4 is 5.32 Å². The Morgan fingerprint density at radius 3 is 2.48 bits per heavy atom. The fraction of sp³-hybridized carbons (Fsp3) is 0.625. The first-order chi connectivity index (χ1) is 10.1. The fourth-order valence-electron chi connectivity index (χ4n) is 2.89. The van der Waals surface area contributed by atoms with Crippen molar-refractivity contribution in [2.24, 2.45) is 7.05 Å². The quantitative estimate of drug-likeness (QED) is 0.852. The highest BCUT2D eigenvalue weighted by Gasteiger charge is 2.17. The average Bonchev–Trinajstić information content (AvgIpc) is 3.04. The SMILES string of the molecule is CCC(CC)n1ccc(CC(NC)c2cn(C)nc2C)n1. The lowest BCUT2D eigenvalue weighted by Crippen LogP contribution is -2.19. The Labute approximate surface area is 127 Å². The predicted octanol–water partition coefficient (Wildman–Crippen LogP) is 2.79. The molecule has 0 aromatic carbocycles. The monoisotopic (exact) mass is 289 g/mol. The highest BCUT2D eigenvalue weighted by atomic mass is 15.3. The van der Waals surface area contributed by atoms with Crippen molar-refractivity contribution in [2.75, 3.05) is 7.05 Å². The zero-order valence-electron chi connectivity index (χ0n) is 13.8. The van der Waals surface area contributed by atoms with Gasteiger partial charge in [-0.1, -0.05) is 13.8 Å². The van der Waals surface area contributed by atoms with Crippen molar-refractivity contribution in [3.05, 3.63) is 35.4 Å². The number of rotatable bonds is 7. The number of nitrogens with zero attached hydrogens (tertiary/aromatic N) is 4. The average molecular weight is 289 g/mol. The van der Waals surface area contributed by atoms with Crippen LogP contribution in [0.15, 0.2) is 18.5 Å². The van der Waals surface area contributed by atoms with E-state index in [1.807, 2.05) is 18.8 Å². The zero-order valence-corrected chi connectivity index (χ0v) is 13.8. The maximum absolute atomic E-state index is 4.75. The van der Waals surface area contributed by atoms with Crippen LogP contribution >= 0.6 is 0 Å². The van der Waals surface area contributed by atoms with Gasteiger partial charge in [0.25, 0.3) is 0 Å². The summed E-state index contributed by atoms with van der Waals surface area (Å²) >= 11 is 0. The maximum Gasteiger partial charge on any atom is 0.0643 e. The molecule has 2 heterocycles. The summed E-state index contributed by atoms with van der Waals surface area (Å²) in [6, 6.07) is 2.89. The van der Waals surface area contributed by atoms with Crippen LogP contribution in [-0.2, 0) is 13.5 Å². The summed E-state index contributed by atoms with van der Waals surface area (Å²) in [6.07, 6.45) is 7.32. The lowest BCUT2D eigenvalue weighted by molar-refractivity contribution is 0.423. The Kier molecular flexibility index (Phi) is 5.17. The van der Waals surface area contributed by atoms with Gasteiger partial charge in [-0.3, -0.25) is 9.36 Å². The molecule has 5 heteroatoms. The van der Waals surface area contributed by atoms with E-state index in [1.165, 1.54) is 5.56 Å². The molecular weight excluding hydrogens is 262 g/mol. The van der Waals surface area contributed by atoms with Gasteiger partial charge >= 0.3 is 0 Å². The van der Waals surface area contributed by atoms with Crippen molar-refractivity contribution in [1.29, 1.82) is 0 Å². The van der Waals surface area contributed by atoms with Crippen LogP contribution in [0.5, 0.6) is 0 Å². The van der Waals surface area contributed by atoms with Crippen LogP contribution in [0.2, 0.25) is 0 Å². The first-order valence-electron chi connectivity index (χ1n) is 7.80. The third-order valence-corrected chi connectivity index (χ3v) is 4.17. The van der Waals surface area contributed by atoms with Crippen molar-refractivity contribution in [3.63, 3.8) is 0 Å². The van der Waals surface area contributed by atoms with Crippen molar-refractivity contribution in [1.82, 2.24) is 24.9 Å². The summed E-state index contributed by atoms with van der Waals surface area (Å²) in [6.45, 7) is 6.48. The fourth-order valence-corrected chi connectivity index (χ4v) is 2.89. The molecule has 0 aliphatic carbocycles. The minimum atomic E-state index is 0.253. The Hall–Kier alpha value is -1.62. The molecule has 0 spiro atoms. The summed E-state index contributed by atoms with van der Waals surface area (Å²) in [5, 5.41) is 12.6. The van der Waals surface area contributed by atoms with E-state index in [4.69, 9.17) is 5.10 Å². The number of aromatic nitrogens is 4. The third-order valence-electron chi connectivity index (χ3n) is 4.17. The molecule has 2 aromatic heterocycles. The molecule has 5 nitrogen and oxygen atoms in total. The van der Waals surface area contributed by atoms with Gasteiger partial charge in [0.05, 0.1) is 17.4 Å². The van der Waals surface area contributed by atoms with Crippen LogP contribution in [0.3, 0.4) is 0 Å². The van der Waals surface area contributed by atoms with E-state index >= 15 is 0 Å². The Bertz CT molecular complexity index is 565. The standard InChI is InChI=1S/C16H27N5/c1-6-14(7-2)21-9-8-13(19-21)10-16(17-4)15-11-20(5)18-12(15)3/h8-9,11,14,16-17H,6-7,10H2,1-5H3. The Balaban J connectivity index is 2.14. The molecule has 1 N–H and O–H groups in total. The molecule has 1 unspecified atom stereocenters. The molecular formula is C16H27N5. The minimum absolute atomic E-state index is 0.253. The zero-order chi connectivity index (χ0) is 15.4. The molecule has 0 aliphatic rings. The van der Waals surface area contributed by atoms with Crippen LogP contribution in [0.4, 0.5) is 0 Å². The van der Waals surface area contributed by atoms with E-state index < -0.39 is 0 Å². The second kappa shape index (κ2) is 6.89. The topological polar surface area (TPSA) is 47.7 Å². The molecule has 0 saturated heterocycles. The van der Waals surface area contributed by atoms with E-state index in [0.29, 0.717) is 6.04 Å². The maximum atomic E-state index is 4.75. The third kappa shape index (κ3) is 3.53. The van der Waals surface area contributed by atoms with Gasteiger partial charge < -0.3 is 5.32 Å². The number of hydrogen-bond donors (Lipinski definition) is 1. The van der Waals surface area contributed by atoms with Gasteiger partial charge in [-0.25, -0.2) is 0 Å². The van der Waals surface area contributed by atoms with Crippen LogP contribution in [0.1, 0.15) is 55.7 Å². The first kappa shape index (κ1) is 15.8. The van der Waals surface area contributed by atoms with Gasteiger partial charge in [-0.05, 0) is 32.9 Å². The van der Waals surface area contributed by atoms with Crippen molar-refractivity contribution in [3.8, 4) is 0 Å². The number of hydrogen-bond acceptors (Lipinski definition) is 3. The number of aryl methyl sites for hydroxylation is 2. The molecule has 0 amide bonds. The molecule has 116 valence electrons. The van der Waals surface area contributed by atoms with Crippen LogP contribution in [-0.4, -0.2) is 26.6 Å². The Morgan fingerprint density at radius 1 is 1.24 bits per heavy atom. The van der Waals surface area contributed by atoms with Gasteiger partial charge in [0, 0.05) is 37.5 Å². The van der Waals surface area contributed by atoms with E-state index in [-0.39, 0.29) is 6.04 Å². The van der Waals surface area contributed by atoms with Crippen molar-refractivity contribution < 1.29 is 0 Å². The highest BCUT2D eigenvalue weighted by Crippen LogP contribution is 2.21. The van der Waals surface area contributed by atoms with E-state index in [9.17, 15) is 0 Å². The van der Waals surface area contributed by atoms with E-state index in [2.05, 4.69) is 54.3 Å². The van der Waals surface area contributed by atoms with Gasteiger partial charge in [-0.2, -0.15) is 10.2 Å². The highest BCUT2D eigenvalue weighted by molar-refractivity contribution is 5.22. The number of likely N-dealkylation sites (N-methyl/N-ethyl adjacent to an activating group) is 1. The predicted molar refractivity (Wildman–Crippen MR) is 85.3 cm³/mol. The lowest BCUT2D eigenvalue weighted by Gasteiger charge is -2.15. The van der Waals surface area contributed by atoms with Gasteiger partial charge in [0.1, 0.15) is 0 Å². The van der Waals surface area contributed by atoms with Crippen LogP contribution in [0, 0.1) is 6.92 Å². The summed E-state index contributed by atoms with van der Waals surface area (Å²) in [7, 11) is 3.96. The summed E-state index contributed by atoms with van der Waals surface area (Å²) < 4.78 is 3.98. The second-order valence-corrected chi connectivity index (χ2v) is 5.65. The molecule has 0 aliphatic heterocycles. The minimum Gasteiger partial charge on any atom is -0.313 e. The largest absolute Gasteiger partial charge is 0.313 e. The van der Waals surface area contributed by atoms with Crippen LogP contribution in [0.25, 0.3) is 0 Å². The smallest absolute Gasteiger partial charge is 0.0643 e. The lowest BCUT2D eigenvalue weighted by atomic mass is 10.0. The van der Waals surface area contributed by atoms with Crippen molar-refractivity contribution in [2.45, 2.75) is 52.1 Å². The molecule has 0 radical (unpaired) electrons. The van der Waals surface area contributed by atoms with Gasteiger partial charge in [-0.15, -0.1) is 0 Å². The number of nitrogens with one attached hydrogen (secondary N) is 1. The summed E-state index contributed by atoms with van der Waals surface area (Å²) in [5.74, 6) is 0. The van der Waals surface area contributed by atoms with Crippen molar-refractivity contribution >= 4 is 0 Å². The molecule has 21 heavy (non-hydrogen) atoms. The molecule has 2 rings (SSSR count). The molecule has 1 atom stereocenters. The normalized spacial score (nSPS) is 13.0. The second-order valence-electron chi connectivity index (χ2n) is 5.65. The van der Waals surface area contributed by atoms with E-state index in [0.717, 1.165) is 30.7 Å².